The van der Waals surface area contributed by atoms with Crippen LogP contribution in [0.3, 0.4) is 0 Å². The third kappa shape index (κ3) is 4.91. The molecule has 7 nitrogen and oxygen atoms in total. The fourth-order valence-electron chi connectivity index (χ4n) is 2.59. The highest BCUT2D eigenvalue weighted by molar-refractivity contribution is 7.92. The zero-order valence-electron chi connectivity index (χ0n) is 15.8. The Balaban J connectivity index is 2.40. The number of hydrogen-bond acceptors (Lipinski definition) is 5. The number of anilines is 2. The zero-order chi connectivity index (χ0) is 20.0. The maximum absolute atomic E-state index is 12.9. The Morgan fingerprint density at radius 2 is 1.89 bits per heavy atom. The first-order chi connectivity index (χ1) is 12.8. The molecule has 0 radical (unpaired) electrons. The van der Waals surface area contributed by atoms with E-state index in [1.807, 2.05) is 32.0 Å². The van der Waals surface area contributed by atoms with Gasteiger partial charge in [0.15, 0.2) is 0 Å². The van der Waals surface area contributed by atoms with Gasteiger partial charge in [-0.15, -0.1) is 0 Å². The summed E-state index contributed by atoms with van der Waals surface area (Å²) in [5.74, 6) is 0.326. The Kier molecular flexibility index (Phi) is 6.68. The normalized spacial score (nSPS) is 11.0. The second-order valence-electron chi connectivity index (χ2n) is 5.78. The van der Waals surface area contributed by atoms with Gasteiger partial charge in [0, 0.05) is 0 Å². The van der Waals surface area contributed by atoms with Crippen LogP contribution in [0, 0.1) is 6.92 Å². The lowest BCUT2D eigenvalue weighted by atomic mass is 10.1. The van der Waals surface area contributed by atoms with Gasteiger partial charge in [0.1, 0.15) is 5.75 Å². The van der Waals surface area contributed by atoms with E-state index < -0.39 is 16.1 Å². The van der Waals surface area contributed by atoms with Crippen molar-refractivity contribution >= 4 is 27.5 Å². The lowest BCUT2D eigenvalue weighted by Crippen LogP contribution is -2.17. The van der Waals surface area contributed by atoms with E-state index in [2.05, 4.69) is 10.0 Å². The Morgan fingerprint density at radius 1 is 1.15 bits per heavy atom. The van der Waals surface area contributed by atoms with Crippen molar-refractivity contribution in [3.63, 3.8) is 0 Å². The summed E-state index contributed by atoms with van der Waals surface area (Å²) in [6.07, 6.45) is 0.00290. The van der Waals surface area contributed by atoms with Gasteiger partial charge in [0.25, 0.3) is 10.0 Å². The van der Waals surface area contributed by atoms with Crippen molar-refractivity contribution in [2.75, 3.05) is 23.8 Å². The number of sulfonamides is 1. The summed E-state index contributed by atoms with van der Waals surface area (Å²) in [5.41, 5.74) is 2.50. The predicted octanol–water partition coefficient (Wildman–Crippen LogP) is 3.94. The third-order valence-electron chi connectivity index (χ3n) is 3.97. The number of methoxy groups -OCH3 is 1. The molecule has 0 bridgehead atoms. The van der Waals surface area contributed by atoms with E-state index in [0.717, 1.165) is 11.1 Å². The first-order valence-electron chi connectivity index (χ1n) is 8.55. The highest BCUT2D eigenvalue weighted by Crippen LogP contribution is 2.30. The molecule has 0 fully saturated rings. The van der Waals surface area contributed by atoms with Crippen LogP contribution in [0.25, 0.3) is 0 Å². The van der Waals surface area contributed by atoms with Crippen LogP contribution in [-0.4, -0.2) is 28.2 Å². The molecular weight excluding hydrogens is 368 g/mol. The molecule has 146 valence electrons. The largest absolute Gasteiger partial charge is 0.495 e. The molecule has 1 amide bonds. The Hall–Kier alpha value is -2.74. The van der Waals surface area contributed by atoms with E-state index in [-0.39, 0.29) is 17.2 Å². The molecule has 27 heavy (non-hydrogen) atoms. The quantitative estimate of drug-likeness (QED) is 0.744. The molecule has 0 aromatic heterocycles. The smallest absolute Gasteiger partial charge is 0.411 e. The van der Waals surface area contributed by atoms with Gasteiger partial charge in [-0.05, 0) is 49.6 Å². The minimum absolute atomic E-state index is 0.000375. The number of carbonyl (C=O) groups excluding carboxylic acids is 1. The molecule has 0 saturated carbocycles. The average molecular weight is 392 g/mol. The maximum Gasteiger partial charge on any atom is 0.411 e. The highest BCUT2D eigenvalue weighted by atomic mass is 32.2. The summed E-state index contributed by atoms with van der Waals surface area (Å²) < 4.78 is 38.5. The van der Waals surface area contributed by atoms with Crippen LogP contribution in [0.15, 0.2) is 41.3 Å². The number of carbonyl (C=O) groups is 1. The molecule has 2 aromatic carbocycles. The summed E-state index contributed by atoms with van der Waals surface area (Å²) in [5, 5.41) is 2.49. The second-order valence-corrected chi connectivity index (χ2v) is 7.46. The lowest BCUT2D eigenvalue weighted by Gasteiger charge is -2.16. The molecule has 0 aliphatic heterocycles. The van der Waals surface area contributed by atoms with Crippen molar-refractivity contribution < 1.29 is 22.7 Å². The van der Waals surface area contributed by atoms with Gasteiger partial charge in [-0.25, -0.2) is 13.2 Å². The van der Waals surface area contributed by atoms with Crippen molar-refractivity contribution in [1.82, 2.24) is 0 Å². The Morgan fingerprint density at radius 3 is 2.52 bits per heavy atom. The van der Waals surface area contributed by atoms with Crippen molar-refractivity contribution in [3.8, 4) is 5.75 Å². The molecule has 0 aliphatic rings. The molecule has 0 unspecified atom stereocenters. The molecule has 0 atom stereocenters. The molecule has 0 saturated heterocycles. The predicted molar refractivity (Wildman–Crippen MR) is 105 cm³/mol. The van der Waals surface area contributed by atoms with E-state index in [4.69, 9.17) is 9.47 Å². The fourth-order valence-corrected chi connectivity index (χ4v) is 3.79. The highest BCUT2D eigenvalue weighted by Gasteiger charge is 2.20. The molecule has 2 N–H and O–H groups in total. The van der Waals surface area contributed by atoms with Crippen molar-refractivity contribution in [1.29, 1.82) is 0 Å². The van der Waals surface area contributed by atoms with E-state index in [9.17, 15) is 13.2 Å². The van der Waals surface area contributed by atoms with Crippen molar-refractivity contribution in [2.24, 2.45) is 0 Å². The van der Waals surface area contributed by atoms with Crippen LogP contribution in [0.4, 0.5) is 16.2 Å². The zero-order valence-corrected chi connectivity index (χ0v) is 16.6. The molecular formula is C19H24N2O5S. The van der Waals surface area contributed by atoms with Gasteiger partial charge in [-0.2, -0.15) is 0 Å². The number of aryl methyl sites for hydroxylation is 2. The molecule has 0 spiro atoms. The summed E-state index contributed by atoms with van der Waals surface area (Å²) in [6.45, 7) is 5.68. The van der Waals surface area contributed by atoms with Crippen LogP contribution >= 0.6 is 0 Å². The number of ether oxygens (including phenoxy) is 2. The maximum atomic E-state index is 12.9. The SMILES string of the molecule is CCOC(=O)Nc1cc(S(=O)(=O)Nc2c(C)cccc2CC)ccc1OC. The van der Waals surface area contributed by atoms with Gasteiger partial charge in [0.05, 0.1) is 30.0 Å². The minimum Gasteiger partial charge on any atom is -0.495 e. The number of nitrogens with one attached hydrogen (secondary N) is 2. The van der Waals surface area contributed by atoms with Crippen LogP contribution in [0.5, 0.6) is 5.75 Å². The Labute approximate surface area is 159 Å². The fraction of sp³-hybridized carbons (Fsp3) is 0.316. The molecule has 0 heterocycles. The van der Waals surface area contributed by atoms with Gasteiger partial charge in [-0.3, -0.25) is 10.0 Å². The first kappa shape index (κ1) is 20.6. The molecule has 2 rings (SSSR count). The summed E-state index contributed by atoms with van der Waals surface area (Å²) in [6, 6.07) is 9.85. The van der Waals surface area contributed by atoms with Gasteiger partial charge < -0.3 is 9.47 Å². The average Bonchev–Trinajstić information content (AvgIpc) is 2.63. The van der Waals surface area contributed by atoms with E-state index >= 15 is 0 Å². The molecule has 2 aromatic rings. The van der Waals surface area contributed by atoms with Crippen LogP contribution in [-0.2, 0) is 21.2 Å². The minimum atomic E-state index is -3.86. The summed E-state index contributed by atoms with van der Waals surface area (Å²) in [7, 11) is -2.43. The van der Waals surface area contributed by atoms with E-state index in [1.54, 1.807) is 6.92 Å². The number of benzene rings is 2. The summed E-state index contributed by atoms with van der Waals surface area (Å²) >= 11 is 0. The van der Waals surface area contributed by atoms with Crippen LogP contribution in [0.1, 0.15) is 25.0 Å². The number of amides is 1. The topological polar surface area (TPSA) is 93.7 Å². The molecule has 0 aliphatic carbocycles. The summed E-state index contributed by atoms with van der Waals surface area (Å²) in [4.78, 5) is 11.7. The third-order valence-corrected chi connectivity index (χ3v) is 5.32. The van der Waals surface area contributed by atoms with Crippen LogP contribution < -0.4 is 14.8 Å². The first-order valence-corrected chi connectivity index (χ1v) is 10.0. The Bertz CT molecular complexity index is 926. The molecule has 8 heteroatoms. The lowest BCUT2D eigenvalue weighted by molar-refractivity contribution is 0.168. The van der Waals surface area contributed by atoms with E-state index in [1.165, 1.54) is 25.3 Å². The van der Waals surface area contributed by atoms with Gasteiger partial charge in [-0.1, -0.05) is 25.1 Å². The van der Waals surface area contributed by atoms with Gasteiger partial charge >= 0.3 is 6.09 Å². The number of hydrogen-bond donors (Lipinski definition) is 2. The van der Waals surface area contributed by atoms with Crippen molar-refractivity contribution in [3.05, 3.63) is 47.5 Å². The second kappa shape index (κ2) is 8.77. The standard InChI is InChI=1S/C19H24N2O5S/c1-5-14-9-7-8-13(3)18(14)21-27(23,24)15-10-11-17(25-4)16(12-15)20-19(22)26-6-2/h7-12,21H,5-6H2,1-4H3,(H,20,22). The van der Waals surface area contributed by atoms with Crippen molar-refractivity contribution in [2.45, 2.75) is 32.1 Å². The monoisotopic (exact) mass is 392 g/mol. The van der Waals surface area contributed by atoms with Gasteiger partial charge in [0.2, 0.25) is 0 Å². The van der Waals surface area contributed by atoms with Crippen LogP contribution in [0.2, 0.25) is 0 Å². The van der Waals surface area contributed by atoms with E-state index in [0.29, 0.717) is 17.9 Å². The number of para-hydroxylation sites is 1. The number of rotatable bonds is 7.